The fraction of sp³-hybridized carbons (Fsp3) is 0.235. The van der Waals surface area contributed by atoms with Crippen molar-refractivity contribution in [3.63, 3.8) is 0 Å². The fourth-order valence-corrected chi connectivity index (χ4v) is 2.25. The number of rotatable bonds is 4. The van der Waals surface area contributed by atoms with E-state index < -0.39 is 5.97 Å². The van der Waals surface area contributed by atoms with Gasteiger partial charge in [0.05, 0.1) is 5.56 Å². The molecule has 0 amide bonds. The molecule has 3 nitrogen and oxygen atoms in total. The Kier molecular flexibility index (Phi) is 4.08. The molecular weight excluding hydrogens is 250 g/mol. The Labute approximate surface area is 119 Å². The Morgan fingerprint density at radius 2 is 1.75 bits per heavy atom. The number of anilines is 1. The molecule has 0 saturated carbocycles. The molecule has 0 aliphatic carbocycles. The molecule has 0 bridgehead atoms. The second kappa shape index (κ2) is 5.78. The van der Waals surface area contributed by atoms with E-state index in [0.717, 1.165) is 11.3 Å². The molecule has 0 atom stereocenters. The van der Waals surface area contributed by atoms with Crippen LogP contribution in [0.4, 0.5) is 5.69 Å². The van der Waals surface area contributed by atoms with E-state index in [0.29, 0.717) is 12.1 Å². The minimum atomic E-state index is -0.891. The summed E-state index contributed by atoms with van der Waals surface area (Å²) < 4.78 is 0. The van der Waals surface area contributed by atoms with Crippen molar-refractivity contribution in [2.24, 2.45) is 0 Å². The van der Waals surface area contributed by atoms with Crippen LogP contribution in [0.15, 0.2) is 36.4 Å². The molecule has 0 radical (unpaired) electrons. The Balaban J connectivity index is 2.21. The van der Waals surface area contributed by atoms with Gasteiger partial charge in [-0.2, -0.15) is 0 Å². The van der Waals surface area contributed by atoms with Crippen LogP contribution in [0.2, 0.25) is 0 Å². The van der Waals surface area contributed by atoms with Crippen molar-refractivity contribution in [2.45, 2.75) is 27.3 Å². The maximum absolute atomic E-state index is 11.1. The maximum atomic E-state index is 11.1. The lowest BCUT2D eigenvalue weighted by Gasteiger charge is -2.13. The van der Waals surface area contributed by atoms with Gasteiger partial charge >= 0.3 is 5.97 Å². The van der Waals surface area contributed by atoms with Gasteiger partial charge in [-0.3, -0.25) is 0 Å². The van der Waals surface area contributed by atoms with Gasteiger partial charge in [0.15, 0.2) is 0 Å². The second-order valence-corrected chi connectivity index (χ2v) is 5.00. The van der Waals surface area contributed by atoms with Crippen molar-refractivity contribution in [3.8, 4) is 0 Å². The van der Waals surface area contributed by atoms with E-state index in [1.165, 1.54) is 16.7 Å². The third-order valence-corrected chi connectivity index (χ3v) is 3.75. The number of carboxylic acid groups (broad SMARTS) is 1. The fourth-order valence-electron chi connectivity index (χ4n) is 2.25. The molecular formula is C17H19NO2. The molecule has 0 heterocycles. The Hall–Kier alpha value is -2.29. The summed E-state index contributed by atoms with van der Waals surface area (Å²) in [5.41, 5.74) is 5.74. The summed E-state index contributed by atoms with van der Waals surface area (Å²) in [6.07, 6.45) is 0. The topological polar surface area (TPSA) is 49.3 Å². The highest BCUT2D eigenvalue weighted by Gasteiger charge is 2.10. The average molecular weight is 269 g/mol. The molecule has 20 heavy (non-hydrogen) atoms. The number of hydrogen-bond donors (Lipinski definition) is 2. The number of aryl methyl sites for hydroxylation is 1. The van der Waals surface area contributed by atoms with Gasteiger partial charge in [0.1, 0.15) is 0 Å². The molecule has 0 unspecified atom stereocenters. The monoisotopic (exact) mass is 269 g/mol. The largest absolute Gasteiger partial charge is 0.478 e. The average Bonchev–Trinajstić information content (AvgIpc) is 2.41. The molecule has 0 spiro atoms. The smallest absolute Gasteiger partial charge is 0.336 e. The van der Waals surface area contributed by atoms with Crippen LogP contribution in [0.25, 0.3) is 0 Å². The summed E-state index contributed by atoms with van der Waals surface area (Å²) in [5.74, 6) is -0.891. The molecule has 0 aliphatic rings. The number of benzene rings is 2. The predicted octanol–water partition coefficient (Wildman–Crippen LogP) is 3.92. The van der Waals surface area contributed by atoms with Gasteiger partial charge in [0.25, 0.3) is 0 Å². The van der Waals surface area contributed by atoms with Crippen LogP contribution in [-0.2, 0) is 6.54 Å². The van der Waals surface area contributed by atoms with Crippen molar-refractivity contribution in [1.29, 1.82) is 0 Å². The first-order chi connectivity index (χ1) is 9.50. The minimum Gasteiger partial charge on any atom is -0.478 e. The molecule has 0 aliphatic heterocycles. The molecule has 2 aromatic carbocycles. The molecule has 0 saturated heterocycles. The Morgan fingerprint density at radius 3 is 2.45 bits per heavy atom. The van der Waals surface area contributed by atoms with Crippen LogP contribution in [0.5, 0.6) is 0 Å². The zero-order valence-corrected chi connectivity index (χ0v) is 12.0. The number of carbonyl (C=O) groups is 1. The summed E-state index contributed by atoms with van der Waals surface area (Å²) in [6, 6.07) is 11.5. The second-order valence-electron chi connectivity index (χ2n) is 5.00. The van der Waals surface area contributed by atoms with Gasteiger partial charge in [-0.05, 0) is 55.2 Å². The molecule has 2 aromatic rings. The number of hydrogen-bond acceptors (Lipinski definition) is 2. The summed E-state index contributed by atoms with van der Waals surface area (Å²) in [6.45, 7) is 6.72. The van der Waals surface area contributed by atoms with E-state index in [2.05, 4.69) is 31.3 Å². The summed E-state index contributed by atoms with van der Waals surface area (Å²) >= 11 is 0. The zero-order chi connectivity index (χ0) is 14.7. The molecule has 2 rings (SSSR count). The molecule has 2 N–H and O–H groups in total. The third-order valence-electron chi connectivity index (χ3n) is 3.75. The Morgan fingerprint density at radius 1 is 1.05 bits per heavy atom. The molecule has 104 valence electrons. The Bertz CT molecular complexity index is 647. The quantitative estimate of drug-likeness (QED) is 0.884. The van der Waals surface area contributed by atoms with E-state index in [-0.39, 0.29) is 0 Å². The first-order valence-electron chi connectivity index (χ1n) is 6.62. The van der Waals surface area contributed by atoms with Gasteiger partial charge in [-0.25, -0.2) is 4.79 Å². The van der Waals surface area contributed by atoms with Crippen LogP contribution in [0.3, 0.4) is 0 Å². The lowest BCUT2D eigenvalue weighted by Crippen LogP contribution is -2.06. The number of aromatic carboxylic acids is 1. The van der Waals surface area contributed by atoms with E-state index in [4.69, 9.17) is 5.11 Å². The van der Waals surface area contributed by atoms with Crippen molar-refractivity contribution in [3.05, 3.63) is 64.2 Å². The lowest BCUT2D eigenvalue weighted by molar-refractivity contribution is 0.0696. The minimum absolute atomic E-state index is 0.343. The van der Waals surface area contributed by atoms with E-state index in [1.54, 1.807) is 12.1 Å². The number of carboxylic acids is 1. The highest BCUT2D eigenvalue weighted by Crippen LogP contribution is 2.21. The van der Waals surface area contributed by atoms with Crippen molar-refractivity contribution in [2.75, 3.05) is 5.32 Å². The van der Waals surface area contributed by atoms with Gasteiger partial charge in [0.2, 0.25) is 0 Å². The van der Waals surface area contributed by atoms with E-state index >= 15 is 0 Å². The van der Waals surface area contributed by atoms with Gasteiger partial charge < -0.3 is 10.4 Å². The lowest BCUT2D eigenvalue weighted by atomic mass is 10.0. The van der Waals surface area contributed by atoms with Crippen LogP contribution in [-0.4, -0.2) is 11.1 Å². The van der Waals surface area contributed by atoms with Crippen LogP contribution < -0.4 is 5.32 Å². The maximum Gasteiger partial charge on any atom is 0.336 e. The van der Waals surface area contributed by atoms with Crippen LogP contribution >= 0.6 is 0 Å². The van der Waals surface area contributed by atoms with E-state index in [1.807, 2.05) is 19.1 Å². The van der Waals surface area contributed by atoms with Crippen LogP contribution in [0, 0.1) is 20.8 Å². The van der Waals surface area contributed by atoms with E-state index in [9.17, 15) is 4.79 Å². The SMILES string of the molecule is Cc1cccc(CNc2cccc(C(=O)O)c2C)c1C. The number of nitrogens with one attached hydrogen (secondary N) is 1. The zero-order valence-electron chi connectivity index (χ0n) is 12.0. The van der Waals surface area contributed by atoms with Gasteiger partial charge in [-0.15, -0.1) is 0 Å². The molecule has 3 heteroatoms. The standard InChI is InChI=1S/C17H19NO2/c1-11-6-4-7-14(12(11)2)10-18-16-9-5-8-15(13(16)3)17(19)20/h4-9,18H,10H2,1-3H3,(H,19,20). The molecule has 0 aromatic heterocycles. The first-order valence-corrected chi connectivity index (χ1v) is 6.62. The van der Waals surface area contributed by atoms with Crippen molar-refractivity contribution >= 4 is 11.7 Å². The summed E-state index contributed by atoms with van der Waals surface area (Å²) in [4.78, 5) is 11.1. The van der Waals surface area contributed by atoms with Gasteiger partial charge in [0, 0.05) is 12.2 Å². The summed E-state index contributed by atoms with van der Waals surface area (Å²) in [7, 11) is 0. The van der Waals surface area contributed by atoms with Crippen molar-refractivity contribution < 1.29 is 9.90 Å². The normalized spacial score (nSPS) is 10.3. The van der Waals surface area contributed by atoms with Crippen LogP contribution in [0.1, 0.15) is 32.6 Å². The highest BCUT2D eigenvalue weighted by molar-refractivity contribution is 5.91. The van der Waals surface area contributed by atoms with Crippen molar-refractivity contribution in [1.82, 2.24) is 0 Å². The van der Waals surface area contributed by atoms with Gasteiger partial charge in [-0.1, -0.05) is 24.3 Å². The predicted molar refractivity (Wildman–Crippen MR) is 81.4 cm³/mol. The third kappa shape index (κ3) is 2.82. The first kappa shape index (κ1) is 14.1. The summed E-state index contributed by atoms with van der Waals surface area (Å²) in [5, 5.41) is 12.5. The molecule has 0 fully saturated rings. The highest BCUT2D eigenvalue weighted by atomic mass is 16.4.